The Morgan fingerprint density at radius 3 is 2.51 bits per heavy atom. The van der Waals surface area contributed by atoms with E-state index < -0.39 is 0 Å². The minimum Gasteiger partial charge on any atom is -0.508 e. The van der Waals surface area contributed by atoms with Crippen LogP contribution in [0.25, 0.3) is 22.2 Å². The predicted molar refractivity (Wildman–Crippen MR) is 137 cm³/mol. The summed E-state index contributed by atoms with van der Waals surface area (Å²) in [6.45, 7) is 5.41. The highest BCUT2D eigenvalue weighted by molar-refractivity contribution is 6.32. The number of aromatic nitrogens is 1. The molecule has 4 aromatic rings. The van der Waals surface area contributed by atoms with Crippen molar-refractivity contribution in [3.63, 3.8) is 0 Å². The van der Waals surface area contributed by atoms with E-state index in [0.717, 1.165) is 58.7 Å². The molecule has 0 saturated carbocycles. The number of aromatic hydroxyl groups is 2. The van der Waals surface area contributed by atoms with Gasteiger partial charge in [0.05, 0.1) is 17.4 Å². The van der Waals surface area contributed by atoms with Gasteiger partial charge in [-0.15, -0.1) is 0 Å². The van der Waals surface area contributed by atoms with E-state index in [1.54, 1.807) is 24.3 Å². The molecule has 0 spiro atoms. The number of ether oxygens (including phenoxy) is 1. The van der Waals surface area contributed by atoms with Crippen LogP contribution in [0.5, 0.6) is 17.2 Å². The number of benzene rings is 3. The summed E-state index contributed by atoms with van der Waals surface area (Å²) >= 11 is 6.23. The average Bonchev–Trinajstić information content (AvgIpc) is 3.09. The Kier molecular flexibility index (Phi) is 6.58. The second kappa shape index (κ2) is 9.80. The molecule has 1 aliphatic rings. The molecule has 1 fully saturated rings. The van der Waals surface area contributed by atoms with E-state index in [9.17, 15) is 14.6 Å². The zero-order valence-electron chi connectivity index (χ0n) is 19.5. The molecule has 3 aromatic carbocycles. The topological polar surface area (TPSA) is 57.9 Å². The van der Waals surface area contributed by atoms with Crippen molar-refractivity contribution >= 4 is 22.5 Å². The van der Waals surface area contributed by atoms with Gasteiger partial charge in [0.2, 0.25) is 0 Å². The highest BCUT2D eigenvalue weighted by Crippen LogP contribution is 2.38. The van der Waals surface area contributed by atoms with Crippen LogP contribution in [0.15, 0.2) is 60.7 Å². The van der Waals surface area contributed by atoms with Gasteiger partial charge in [0.15, 0.2) is 0 Å². The van der Waals surface area contributed by atoms with Gasteiger partial charge in [-0.25, -0.2) is 0 Å². The Morgan fingerprint density at radius 2 is 1.80 bits per heavy atom. The van der Waals surface area contributed by atoms with Gasteiger partial charge in [0.25, 0.3) is 0 Å². The van der Waals surface area contributed by atoms with Gasteiger partial charge in [-0.1, -0.05) is 23.7 Å². The van der Waals surface area contributed by atoms with Crippen molar-refractivity contribution in [3.8, 4) is 28.5 Å². The molecule has 5 rings (SSSR count). The van der Waals surface area contributed by atoms with Crippen LogP contribution in [-0.2, 0) is 6.54 Å². The number of alkyl halides is 1. The van der Waals surface area contributed by atoms with Gasteiger partial charge in [-0.05, 0) is 66.6 Å². The lowest BCUT2D eigenvalue weighted by atomic mass is 10.0. The lowest BCUT2D eigenvalue weighted by Crippen LogP contribution is -2.49. The standard InChI is InChI=1S/C28H28ClFN2O3/c1-18-24-13-22(33)5-8-26(24)32(28(18)21-4-9-27(34)25(29)12-21)17-19-2-6-23(7-3-19)35-11-10-31-15-20(14-30)16-31/h2-9,12-13,20,33-34H,10-11,14-17H2,1H3. The number of phenolic OH excluding ortho intramolecular Hbond substituents is 2. The zero-order valence-corrected chi connectivity index (χ0v) is 20.3. The number of rotatable bonds is 8. The first-order valence-electron chi connectivity index (χ1n) is 11.7. The largest absolute Gasteiger partial charge is 0.508 e. The molecule has 182 valence electrons. The number of hydrogen-bond acceptors (Lipinski definition) is 4. The lowest BCUT2D eigenvalue weighted by molar-refractivity contribution is 0.0668. The molecule has 0 bridgehead atoms. The third-order valence-corrected chi connectivity index (χ3v) is 7.02. The van der Waals surface area contributed by atoms with Crippen molar-refractivity contribution in [1.82, 2.24) is 9.47 Å². The highest BCUT2D eigenvalue weighted by Gasteiger charge is 2.25. The van der Waals surface area contributed by atoms with Gasteiger partial charge in [-0.3, -0.25) is 9.29 Å². The summed E-state index contributed by atoms with van der Waals surface area (Å²) in [5.74, 6) is 1.25. The second-order valence-corrected chi connectivity index (χ2v) is 9.61. The first-order chi connectivity index (χ1) is 16.9. The Labute approximate surface area is 208 Å². The van der Waals surface area contributed by atoms with E-state index in [0.29, 0.717) is 18.2 Å². The van der Waals surface area contributed by atoms with E-state index in [2.05, 4.69) is 9.47 Å². The fourth-order valence-electron chi connectivity index (χ4n) is 4.82. The monoisotopic (exact) mass is 494 g/mol. The number of aryl methyl sites for hydroxylation is 1. The van der Waals surface area contributed by atoms with Gasteiger partial charge in [0, 0.05) is 48.6 Å². The van der Waals surface area contributed by atoms with Crippen molar-refractivity contribution in [3.05, 3.63) is 76.8 Å². The lowest BCUT2D eigenvalue weighted by Gasteiger charge is -2.37. The molecule has 0 unspecified atom stereocenters. The summed E-state index contributed by atoms with van der Waals surface area (Å²) in [4.78, 5) is 2.20. The van der Waals surface area contributed by atoms with Gasteiger partial charge < -0.3 is 19.5 Å². The SMILES string of the molecule is Cc1c(-c2ccc(O)c(Cl)c2)n(Cc2ccc(OCCN3CC(CF)C3)cc2)c2ccc(O)cc12. The van der Waals surface area contributed by atoms with Crippen LogP contribution >= 0.6 is 11.6 Å². The quantitative estimate of drug-likeness (QED) is 0.315. The summed E-state index contributed by atoms with van der Waals surface area (Å²) in [7, 11) is 0. The summed E-state index contributed by atoms with van der Waals surface area (Å²) in [6.07, 6.45) is 0. The summed E-state index contributed by atoms with van der Waals surface area (Å²) in [6, 6.07) is 18.6. The Morgan fingerprint density at radius 1 is 1.03 bits per heavy atom. The van der Waals surface area contributed by atoms with E-state index in [-0.39, 0.29) is 24.1 Å². The number of hydrogen-bond donors (Lipinski definition) is 2. The minimum atomic E-state index is -0.238. The molecule has 1 saturated heterocycles. The first kappa shape index (κ1) is 23.5. The summed E-state index contributed by atoms with van der Waals surface area (Å²) in [5, 5.41) is 21.2. The van der Waals surface area contributed by atoms with Gasteiger partial charge >= 0.3 is 0 Å². The normalized spacial score (nSPS) is 14.4. The van der Waals surface area contributed by atoms with Crippen LogP contribution in [0.1, 0.15) is 11.1 Å². The highest BCUT2D eigenvalue weighted by atomic mass is 35.5. The molecule has 0 aliphatic carbocycles. The number of fused-ring (bicyclic) bond motifs is 1. The van der Waals surface area contributed by atoms with E-state index in [1.807, 2.05) is 43.3 Å². The van der Waals surface area contributed by atoms with Crippen molar-refractivity contribution in [1.29, 1.82) is 0 Å². The predicted octanol–water partition coefficient (Wildman–Crippen LogP) is 6.01. The molecule has 0 radical (unpaired) electrons. The van der Waals surface area contributed by atoms with Gasteiger partial charge in [0.1, 0.15) is 23.9 Å². The molecular formula is C28H28ClFN2O3. The molecular weight excluding hydrogens is 467 g/mol. The van der Waals surface area contributed by atoms with Crippen molar-refractivity contribution in [2.24, 2.45) is 5.92 Å². The second-order valence-electron chi connectivity index (χ2n) is 9.20. The summed E-state index contributed by atoms with van der Waals surface area (Å²) < 4.78 is 20.7. The molecule has 2 heterocycles. The first-order valence-corrected chi connectivity index (χ1v) is 12.1. The van der Waals surface area contributed by atoms with Crippen LogP contribution < -0.4 is 4.74 Å². The van der Waals surface area contributed by atoms with Crippen LogP contribution in [0, 0.1) is 12.8 Å². The Hall–Kier alpha value is -3.22. The number of nitrogens with zero attached hydrogens (tertiary/aromatic N) is 2. The maximum atomic E-state index is 12.6. The molecule has 1 aromatic heterocycles. The third kappa shape index (κ3) is 4.81. The maximum Gasteiger partial charge on any atom is 0.134 e. The van der Waals surface area contributed by atoms with Crippen molar-refractivity contribution in [2.75, 3.05) is 32.9 Å². The Balaban J connectivity index is 1.38. The average molecular weight is 495 g/mol. The van der Waals surface area contributed by atoms with Crippen LogP contribution in [0.3, 0.4) is 0 Å². The van der Waals surface area contributed by atoms with E-state index >= 15 is 0 Å². The number of phenols is 2. The zero-order chi connectivity index (χ0) is 24.5. The van der Waals surface area contributed by atoms with E-state index in [1.165, 1.54) is 0 Å². The molecule has 5 nitrogen and oxygen atoms in total. The molecule has 2 N–H and O–H groups in total. The van der Waals surface area contributed by atoms with Crippen LogP contribution in [0.2, 0.25) is 5.02 Å². The summed E-state index contributed by atoms with van der Waals surface area (Å²) in [5.41, 5.74) is 5.00. The van der Waals surface area contributed by atoms with Crippen LogP contribution in [0.4, 0.5) is 4.39 Å². The van der Waals surface area contributed by atoms with E-state index in [4.69, 9.17) is 16.3 Å². The third-order valence-electron chi connectivity index (χ3n) is 6.71. The smallest absolute Gasteiger partial charge is 0.134 e. The fraction of sp³-hybridized carbons (Fsp3) is 0.286. The molecule has 0 amide bonds. The molecule has 0 atom stereocenters. The minimum absolute atomic E-state index is 0.0419. The number of likely N-dealkylation sites (tertiary alicyclic amines) is 1. The number of halogens is 2. The van der Waals surface area contributed by atoms with Crippen LogP contribution in [-0.4, -0.2) is 52.6 Å². The van der Waals surface area contributed by atoms with Gasteiger partial charge in [-0.2, -0.15) is 0 Å². The molecule has 35 heavy (non-hydrogen) atoms. The fourth-order valence-corrected chi connectivity index (χ4v) is 5.00. The van der Waals surface area contributed by atoms with Crippen molar-refractivity contribution in [2.45, 2.75) is 13.5 Å². The van der Waals surface area contributed by atoms with Crippen molar-refractivity contribution < 1.29 is 19.3 Å². The molecule has 7 heteroatoms. The Bertz CT molecular complexity index is 1350. The molecule has 1 aliphatic heterocycles. The maximum absolute atomic E-state index is 12.6.